The number of nitrogens with two attached hydrogens (primary N) is 1. The average Bonchev–Trinajstić information content (AvgIpc) is 2.18. The van der Waals surface area contributed by atoms with Crippen LogP contribution in [0.3, 0.4) is 0 Å². The van der Waals surface area contributed by atoms with E-state index >= 15 is 0 Å². The second-order valence-corrected chi connectivity index (χ2v) is 3.77. The molecule has 2 nitrogen and oxygen atoms in total. The average molecular weight is 274 g/mol. The van der Waals surface area contributed by atoms with E-state index < -0.39 is 18.8 Å². The second-order valence-electron chi connectivity index (χ2n) is 2.96. The van der Waals surface area contributed by atoms with Crippen molar-refractivity contribution in [1.82, 2.24) is 0 Å². The molecule has 0 radical (unpaired) electrons. The van der Waals surface area contributed by atoms with Crippen LogP contribution >= 0.6 is 23.2 Å². The molecule has 1 unspecified atom stereocenters. The van der Waals surface area contributed by atoms with Crippen LogP contribution in [0.25, 0.3) is 0 Å². The summed E-state index contributed by atoms with van der Waals surface area (Å²) >= 11 is 11.2. The van der Waals surface area contributed by atoms with Gasteiger partial charge in [0, 0.05) is 12.6 Å². The Hall–Kier alpha value is -0.650. The standard InChI is InChI=1S/C9H8Cl2F3NO/c10-6-2-1-5(3-7(6)11)16-8(4-15)9(12,13)14/h1-3,8H,4,15H2. The molecule has 0 amide bonds. The van der Waals surface area contributed by atoms with Gasteiger partial charge in [0.1, 0.15) is 5.75 Å². The summed E-state index contributed by atoms with van der Waals surface area (Å²) in [6.07, 6.45) is -6.56. The lowest BCUT2D eigenvalue weighted by molar-refractivity contribution is -0.191. The molecule has 0 bridgehead atoms. The van der Waals surface area contributed by atoms with Crippen molar-refractivity contribution in [3.05, 3.63) is 28.2 Å². The van der Waals surface area contributed by atoms with Crippen LogP contribution in [0.15, 0.2) is 18.2 Å². The van der Waals surface area contributed by atoms with E-state index in [1.807, 2.05) is 0 Å². The van der Waals surface area contributed by atoms with Crippen LogP contribution in [0.1, 0.15) is 0 Å². The van der Waals surface area contributed by atoms with Gasteiger partial charge in [-0.25, -0.2) is 0 Å². The van der Waals surface area contributed by atoms with Crippen molar-refractivity contribution in [3.63, 3.8) is 0 Å². The zero-order chi connectivity index (χ0) is 12.3. The van der Waals surface area contributed by atoms with Crippen molar-refractivity contribution in [2.24, 2.45) is 5.73 Å². The van der Waals surface area contributed by atoms with E-state index in [0.29, 0.717) is 0 Å². The third-order valence-electron chi connectivity index (χ3n) is 1.75. The fourth-order valence-electron chi connectivity index (χ4n) is 0.963. The van der Waals surface area contributed by atoms with Gasteiger partial charge in [-0.1, -0.05) is 23.2 Å². The summed E-state index contributed by atoms with van der Waals surface area (Å²) in [7, 11) is 0. The molecule has 1 rings (SSSR count). The first-order valence-corrected chi connectivity index (χ1v) is 4.98. The smallest absolute Gasteiger partial charge is 0.426 e. The molecule has 0 aromatic heterocycles. The normalized spacial score (nSPS) is 13.6. The van der Waals surface area contributed by atoms with Crippen molar-refractivity contribution in [1.29, 1.82) is 0 Å². The SMILES string of the molecule is NCC(Oc1ccc(Cl)c(Cl)c1)C(F)(F)F. The first kappa shape index (κ1) is 13.4. The minimum Gasteiger partial charge on any atom is -0.480 e. The van der Waals surface area contributed by atoms with Gasteiger partial charge in [-0.15, -0.1) is 0 Å². The van der Waals surface area contributed by atoms with E-state index in [1.165, 1.54) is 18.2 Å². The van der Waals surface area contributed by atoms with Gasteiger partial charge in [0.25, 0.3) is 0 Å². The lowest BCUT2D eigenvalue weighted by Gasteiger charge is -2.20. The van der Waals surface area contributed by atoms with Crippen molar-refractivity contribution < 1.29 is 17.9 Å². The molecule has 0 saturated carbocycles. The van der Waals surface area contributed by atoms with Gasteiger partial charge in [-0.05, 0) is 12.1 Å². The summed E-state index contributed by atoms with van der Waals surface area (Å²) in [6.45, 7) is -0.663. The molecule has 0 aliphatic rings. The number of halogens is 5. The van der Waals surface area contributed by atoms with Crippen molar-refractivity contribution >= 4 is 23.2 Å². The summed E-state index contributed by atoms with van der Waals surface area (Å²) in [5, 5.41) is 0.363. The highest BCUT2D eigenvalue weighted by molar-refractivity contribution is 6.42. The summed E-state index contributed by atoms with van der Waals surface area (Å²) in [5.41, 5.74) is 4.97. The van der Waals surface area contributed by atoms with Gasteiger partial charge in [0.05, 0.1) is 10.0 Å². The van der Waals surface area contributed by atoms with Crippen LogP contribution in [0.4, 0.5) is 13.2 Å². The highest BCUT2D eigenvalue weighted by Gasteiger charge is 2.40. The second kappa shape index (κ2) is 5.12. The molecule has 16 heavy (non-hydrogen) atoms. The van der Waals surface area contributed by atoms with Gasteiger partial charge in [0.2, 0.25) is 6.10 Å². The summed E-state index contributed by atoms with van der Waals surface area (Å²) in [4.78, 5) is 0. The number of hydrogen-bond donors (Lipinski definition) is 1. The topological polar surface area (TPSA) is 35.2 Å². The Bertz CT molecular complexity index is 370. The first-order chi connectivity index (χ1) is 7.34. The van der Waals surface area contributed by atoms with Crippen LogP contribution < -0.4 is 10.5 Å². The number of ether oxygens (including phenoxy) is 1. The zero-order valence-corrected chi connectivity index (χ0v) is 9.40. The number of hydrogen-bond acceptors (Lipinski definition) is 2. The molecule has 90 valence electrons. The van der Waals surface area contributed by atoms with Crippen molar-refractivity contribution in [2.45, 2.75) is 12.3 Å². The fourth-order valence-corrected chi connectivity index (χ4v) is 1.25. The first-order valence-electron chi connectivity index (χ1n) is 4.23. The van der Waals surface area contributed by atoms with E-state index in [9.17, 15) is 13.2 Å². The predicted octanol–water partition coefficient (Wildman–Crippen LogP) is 3.26. The van der Waals surface area contributed by atoms with E-state index in [-0.39, 0.29) is 15.8 Å². The molecule has 1 aromatic rings. The molecule has 0 heterocycles. The van der Waals surface area contributed by atoms with Crippen LogP contribution in [0.5, 0.6) is 5.75 Å². The maximum Gasteiger partial charge on any atom is 0.426 e. The molecule has 0 aliphatic heterocycles. The summed E-state index contributed by atoms with van der Waals surface area (Å²) < 4.78 is 41.6. The third kappa shape index (κ3) is 3.43. The monoisotopic (exact) mass is 273 g/mol. The van der Waals surface area contributed by atoms with Gasteiger partial charge in [0.15, 0.2) is 0 Å². The van der Waals surface area contributed by atoms with Crippen molar-refractivity contribution in [3.8, 4) is 5.75 Å². The minimum atomic E-state index is -4.51. The summed E-state index contributed by atoms with van der Waals surface area (Å²) in [6, 6.07) is 3.85. The predicted molar refractivity (Wildman–Crippen MR) is 56.0 cm³/mol. The van der Waals surface area contributed by atoms with E-state index in [0.717, 1.165) is 0 Å². The van der Waals surface area contributed by atoms with Crippen molar-refractivity contribution in [2.75, 3.05) is 6.54 Å². The quantitative estimate of drug-likeness (QED) is 0.918. The molecule has 7 heteroatoms. The Balaban J connectivity index is 2.83. The van der Waals surface area contributed by atoms with Gasteiger partial charge < -0.3 is 10.5 Å². The Morgan fingerprint density at radius 3 is 2.31 bits per heavy atom. The highest BCUT2D eigenvalue weighted by Crippen LogP contribution is 2.29. The number of rotatable bonds is 3. The molecule has 2 N–H and O–H groups in total. The van der Waals surface area contributed by atoms with Crippen LogP contribution in [-0.2, 0) is 0 Å². The van der Waals surface area contributed by atoms with Gasteiger partial charge >= 0.3 is 6.18 Å². The number of benzene rings is 1. The van der Waals surface area contributed by atoms with Crippen LogP contribution in [0, 0.1) is 0 Å². The molecule has 0 saturated heterocycles. The maximum absolute atomic E-state index is 12.3. The van der Waals surface area contributed by atoms with E-state index in [2.05, 4.69) is 4.74 Å². The van der Waals surface area contributed by atoms with Crippen LogP contribution in [0.2, 0.25) is 10.0 Å². The Morgan fingerprint density at radius 2 is 1.88 bits per heavy atom. The largest absolute Gasteiger partial charge is 0.480 e. The molecule has 1 atom stereocenters. The summed E-state index contributed by atoms with van der Waals surface area (Å²) in [5.74, 6) is -0.0258. The van der Waals surface area contributed by atoms with E-state index in [1.54, 1.807) is 0 Å². The molecular weight excluding hydrogens is 266 g/mol. The van der Waals surface area contributed by atoms with Gasteiger partial charge in [-0.2, -0.15) is 13.2 Å². The lowest BCUT2D eigenvalue weighted by Crippen LogP contribution is -2.40. The lowest BCUT2D eigenvalue weighted by atomic mass is 10.3. The van der Waals surface area contributed by atoms with E-state index in [4.69, 9.17) is 28.9 Å². The molecule has 0 spiro atoms. The number of alkyl halides is 3. The Labute approximate surface area is 100 Å². The fraction of sp³-hybridized carbons (Fsp3) is 0.333. The molecule has 0 aliphatic carbocycles. The molecule has 1 aromatic carbocycles. The maximum atomic E-state index is 12.3. The zero-order valence-electron chi connectivity index (χ0n) is 7.89. The Morgan fingerprint density at radius 1 is 1.25 bits per heavy atom. The molecular formula is C9H8Cl2F3NO. The minimum absolute atomic E-state index is 0.0258. The highest BCUT2D eigenvalue weighted by atomic mass is 35.5. The Kier molecular flexibility index (Phi) is 4.29. The molecule has 0 fully saturated rings. The van der Waals surface area contributed by atoms with Gasteiger partial charge in [-0.3, -0.25) is 0 Å². The van der Waals surface area contributed by atoms with Crippen LogP contribution in [-0.4, -0.2) is 18.8 Å². The third-order valence-corrected chi connectivity index (χ3v) is 2.49.